The third kappa shape index (κ3) is 2.28. The van der Waals surface area contributed by atoms with Crippen molar-refractivity contribution < 1.29 is 18.0 Å². The number of hydrogen-bond donors (Lipinski definition) is 0. The highest BCUT2D eigenvalue weighted by Gasteiger charge is 2.61. The Morgan fingerprint density at radius 1 is 1.12 bits per heavy atom. The van der Waals surface area contributed by atoms with E-state index in [1.165, 1.54) is 0 Å². The summed E-state index contributed by atoms with van der Waals surface area (Å²) in [6.07, 6.45) is 7.57. The molecule has 0 aliphatic heterocycles. The second kappa shape index (κ2) is 5.88. The van der Waals surface area contributed by atoms with Crippen LogP contribution in [-0.2, 0) is 19.9 Å². The number of carbonyl (C=O) groups excluding carboxylic acids is 2. The van der Waals surface area contributed by atoms with E-state index in [0.717, 1.165) is 44.1 Å². The molecular weight excluding hydrogens is 348 g/mol. The van der Waals surface area contributed by atoms with Gasteiger partial charge in [-0.3, -0.25) is 9.59 Å². The molecule has 3 saturated carbocycles. The number of carbonyl (C=O) groups is 2. The first-order valence-electron chi connectivity index (χ1n) is 9.89. The molecule has 3 fully saturated rings. The van der Waals surface area contributed by atoms with Crippen LogP contribution in [0.15, 0.2) is 11.6 Å². The lowest BCUT2D eigenvalue weighted by Crippen LogP contribution is -2.54. The SMILES string of the molecule is CC(=O)[C@H]1CC[C@H]2[C@@H]3CCC4=CC(=O)CC(=S(=O)=O)[C@]4(C)[C@H]3CC[C@]12C. The van der Waals surface area contributed by atoms with Crippen LogP contribution in [0.5, 0.6) is 0 Å². The fourth-order valence-corrected chi connectivity index (χ4v) is 8.21. The summed E-state index contributed by atoms with van der Waals surface area (Å²) in [4.78, 5) is 24.7. The molecule has 4 nitrogen and oxygen atoms in total. The van der Waals surface area contributed by atoms with Crippen molar-refractivity contribution in [3.63, 3.8) is 0 Å². The smallest absolute Gasteiger partial charge is 0.214 e. The molecular formula is C21H28O4S. The molecule has 0 aromatic carbocycles. The highest BCUT2D eigenvalue weighted by Crippen LogP contribution is 2.66. The maximum absolute atomic E-state index is 12.2. The largest absolute Gasteiger partial charge is 0.300 e. The van der Waals surface area contributed by atoms with Crippen molar-refractivity contribution in [2.45, 2.75) is 65.7 Å². The van der Waals surface area contributed by atoms with Gasteiger partial charge in [0.05, 0.1) is 4.86 Å². The minimum absolute atomic E-state index is 0.0390. The highest BCUT2D eigenvalue weighted by atomic mass is 32.2. The van der Waals surface area contributed by atoms with Crippen LogP contribution in [0.4, 0.5) is 0 Å². The lowest BCUT2D eigenvalue weighted by molar-refractivity contribution is -0.127. The first-order valence-corrected chi connectivity index (χ1v) is 11.0. The predicted octanol–water partition coefficient (Wildman–Crippen LogP) is 3.38. The zero-order chi connectivity index (χ0) is 18.9. The molecule has 0 aromatic heterocycles. The fourth-order valence-electron chi connectivity index (χ4n) is 7.32. The van der Waals surface area contributed by atoms with Gasteiger partial charge in [-0.05, 0) is 74.7 Å². The van der Waals surface area contributed by atoms with E-state index in [-0.39, 0.29) is 29.5 Å². The summed E-state index contributed by atoms with van der Waals surface area (Å²) in [5.74, 6) is 1.61. The quantitative estimate of drug-likeness (QED) is 0.658. The lowest BCUT2D eigenvalue weighted by Gasteiger charge is -2.57. The van der Waals surface area contributed by atoms with Gasteiger partial charge in [-0.25, -0.2) is 0 Å². The number of Topliss-reactive ketones (excluding diaryl/α,β-unsaturated/α-hetero) is 1. The Hall–Kier alpha value is -1.23. The minimum Gasteiger partial charge on any atom is -0.300 e. The maximum Gasteiger partial charge on any atom is 0.214 e. The van der Waals surface area contributed by atoms with Gasteiger partial charge in [0, 0.05) is 17.8 Å². The standard InChI is InChI=1S/C21H28O4S/c1-12(22)16-6-7-17-15-5-4-13-10-14(23)11-19(26(24)25)21(13,3)18(15)8-9-20(16,17)2/h10,15-18H,4-9,11H2,1-3H3/t15-,16+,17-,18-,20+,21-/m0/s1. The normalized spacial score (nSPS) is 44.7. The highest BCUT2D eigenvalue weighted by molar-refractivity contribution is 7.73. The Balaban J connectivity index is 1.78. The predicted molar refractivity (Wildman–Crippen MR) is 100 cm³/mol. The molecule has 4 rings (SSSR count). The molecule has 0 saturated heterocycles. The number of ketones is 2. The summed E-state index contributed by atoms with van der Waals surface area (Å²) in [6.45, 7) is 6.08. The number of rotatable bonds is 1. The second-order valence-corrected chi connectivity index (χ2v) is 10.3. The van der Waals surface area contributed by atoms with Gasteiger partial charge in [-0.1, -0.05) is 19.4 Å². The Kier molecular flexibility index (Phi) is 4.11. The van der Waals surface area contributed by atoms with Crippen LogP contribution in [0.25, 0.3) is 0 Å². The molecule has 0 radical (unpaired) electrons. The average molecular weight is 377 g/mol. The van der Waals surface area contributed by atoms with Crippen LogP contribution in [-0.4, -0.2) is 24.8 Å². The van der Waals surface area contributed by atoms with Crippen molar-refractivity contribution in [1.29, 1.82) is 0 Å². The van der Waals surface area contributed by atoms with Crippen LogP contribution in [0.1, 0.15) is 65.7 Å². The van der Waals surface area contributed by atoms with E-state index in [1.54, 1.807) is 13.0 Å². The van der Waals surface area contributed by atoms with Gasteiger partial charge in [0.15, 0.2) is 5.78 Å². The summed E-state index contributed by atoms with van der Waals surface area (Å²) < 4.78 is 24.0. The summed E-state index contributed by atoms with van der Waals surface area (Å²) in [5.41, 5.74) is 0.587. The Morgan fingerprint density at radius 3 is 2.50 bits per heavy atom. The number of fused-ring (bicyclic) bond motifs is 5. The lowest BCUT2D eigenvalue weighted by atomic mass is 9.46. The Bertz CT molecular complexity index is 843. The zero-order valence-electron chi connectivity index (χ0n) is 15.9. The van der Waals surface area contributed by atoms with Gasteiger partial charge in [-0.15, -0.1) is 0 Å². The third-order valence-electron chi connectivity index (χ3n) is 8.53. The molecule has 0 N–H and O–H groups in total. The van der Waals surface area contributed by atoms with Crippen molar-refractivity contribution >= 4 is 26.7 Å². The maximum atomic E-state index is 12.2. The number of allylic oxidation sites excluding steroid dienone is 1. The van der Waals surface area contributed by atoms with Gasteiger partial charge >= 0.3 is 0 Å². The second-order valence-electron chi connectivity index (χ2n) is 9.37. The third-order valence-corrected chi connectivity index (χ3v) is 9.50. The molecule has 6 atom stereocenters. The number of hydrogen-bond acceptors (Lipinski definition) is 4. The van der Waals surface area contributed by atoms with Crippen molar-refractivity contribution in [2.24, 2.45) is 34.5 Å². The first kappa shape index (κ1) is 18.1. The van der Waals surface area contributed by atoms with Crippen molar-refractivity contribution in [1.82, 2.24) is 0 Å². The van der Waals surface area contributed by atoms with Gasteiger partial charge in [-0.2, -0.15) is 8.42 Å². The fraction of sp³-hybridized carbons (Fsp3) is 0.762. The molecule has 0 amide bonds. The van der Waals surface area contributed by atoms with Crippen LogP contribution in [0.3, 0.4) is 0 Å². The molecule has 26 heavy (non-hydrogen) atoms. The monoisotopic (exact) mass is 376 g/mol. The van der Waals surface area contributed by atoms with Crippen LogP contribution in [0, 0.1) is 34.5 Å². The summed E-state index contributed by atoms with van der Waals surface area (Å²) in [6, 6.07) is 0. The molecule has 142 valence electrons. The van der Waals surface area contributed by atoms with E-state index >= 15 is 0 Å². The molecule has 0 bridgehead atoms. The van der Waals surface area contributed by atoms with Crippen LogP contribution < -0.4 is 0 Å². The molecule has 4 aliphatic rings. The summed E-state index contributed by atoms with van der Waals surface area (Å²) >= 11 is 0. The molecule has 0 unspecified atom stereocenters. The van der Waals surface area contributed by atoms with Gasteiger partial charge in [0.1, 0.15) is 5.78 Å². The summed E-state index contributed by atoms with van der Waals surface area (Å²) in [7, 11) is -2.33. The molecule has 5 heteroatoms. The van der Waals surface area contributed by atoms with Gasteiger partial charge in [0.2, 0.25) is 10.3 Å². The average Bonchev–Trinajstić information content (AvgIpc) is 2.92. The van der Waals surface area contributed by atoms with Gasteiger partial charge in [0.25, 0.3) is 0 Å². The van der Waals surface area contributed by atoms with Crippen LogP contribution in [0.2, 0.25) is 0 Å². The zero-order valence-corrected chi connectivity index (χ0v) is 16.7. The van der Waals surface area contributed by atoms with Crippen molar-refractivity contribution in [2.75, 3.05) is 0 Å². The van der Waals surface area contributed by atoms with E-state index in [2.05, 4.69) is 13.8 Å². The molecule has 0 heterocycles. The Labute approximate surface area is 157 Å². The molecule has 0 spiro atoms. The van der Waals surface area contributed by atoms with Crippen LogP contribution >= 0.6 is 0 Å². The van der Waals surface area contributed by atoms with E-state index < -0.39 is 15.7 Å². The van der Waals surface area contributed by atoms with Crippen molar-refractivity contribution in [3.8, 4) is 0 Å². The minimum atomic E-state index is -2.33. The molecule has 0 aromatic rings. The molecule has 4 aliphatic carbocycles. The van der Waals surface area contributed by atoms with E-state index in [9.17, 15) is 18.0 Å². The Morgan fingerprint density at radius 2 is 1.85 bits per heavy atom. The topological polar surface area (TPSA) is 68.3 Å². The van der Waals surface area contributed by atoms with E-state index in [4.69, 9.17) is 0 Å². The van der Waals surface area contributed by atoms with E-state index in [1.807, 2.05) is 0 Å². The van der Waals surface area contributed by atoms with Crippen molar-refractivity contribution in [3.05, 3.63) is 11.6 Å². The summed E-state index contributed by atoms with van der Waals surface area (Å²) in [5, 5.41) is 0. The first-order chi connectivity index (χ1) is 12.2. The van der Waals surface area contributed by atoms with E-state index in [0.29, 0.717) is 22.5 Å². The van der Waals surface area contributed by atoms with Gasteiger partial charge < -0.3 is 0 Å².